The number of benzene rings is 2. The molecular formula is C21H21ClN4O5. The predicted molar refractivity (Wildman–Crippen MR) is 115 cm³/mol. The van der Waals surface area contributed by atoms with Crippen molar-refractivity contribution in [2.75, 3.05) is 19.0 Å². The van der Waals surface area contributed by atoms with E-state index >= 15 is 0 Å². The summed E-state index contributed by atoms with van der Waals surface area (Å²) in [6.07, 6.45) is 3.14. The number of hydrazone groups is 1. The normalized spacial score (nSPS) is 12.8. The van der Waals surface area contributed by atoms with Gasteiger partial charge in [-0.25, -0.2) is 5.43 Å². The Morgan fingerprint density at radius 1 is 1.13 bits per heavy atom. The topological polar surface area (TPSA) is 118 Å². The summed E-state index contributed by atoms with van der Waals surface area (Å²) in [6.45, 7) is -0.234. The third-order valence-corrected chi connectivity index (χ3v) is 4.39. The standard InChI is InChI=1S/C21H21ClN4O5/c1-30-18-9-13(11-23-26-21(29)20(28)25-15-6-7-15)5-8-17(18)31-12-19(27)24-16-4-2-3-14(22)10-16/h2-5,8-11,15H,6-7,12H2,1H3,(H,24,27)(H,25,28)(H,26,29)/b23-11-. The molecule has 0 atom stereocenters. The maximum Gasteiger partial charge on any atom is 0.329 e. The van der Waals surface area contributed by atoms with Gasteiger partial charge in [-0.3, -0.25) is 14.4 Å². The third-order valence-electron chi connectivity index (χ3n) is 4.15. The quantitative estimate of drug-likeness (QED) is 0.327. The lowest BCUT2D eigenvalue weighted by Gasteiger charge is -2.11. The number of ether oxygens (including phenoxy) is 2. The van der Waals surface area contributed by atoms with Crippen LogP contribution >= 0.6 is 11.6 Å². The van der Waals surface area contributed by atoms with E-state index in [1.807, 2.05) is 0 Å². The second kappa shape index (κ2) is 10.4. The first-order valence-corrected chi connectivity index (χ1v) is 9.82. The van der Waals surface area contributed by atoms with Gasteiger partial charge >= 0.3 is 11.8 Å². The van der Waals surface area contributed by atoms with Crippen LogP contribution in [0.25, 0.3) is 0 Å². The summed E-state index contributed by atoms with van der Waals surface area (Å²) in [7, 11) is 1.46. The first-order chi connectivity index (χ1) is 14.9. The van der Waals surface area contributed by atoms with Crippen LogP contribution in [0.4, 0.5) is 5.69 Å². The summed E-state index contributed by atoms with van der Waals surface area (Å²) in [5.41, 5.74) is 3.32. The van der Waals surface area contributed by atoms with Gasteiger partial charge in [0.2, 0.25) is 0 Å². The summed E-state index contributed by atoms with van der Waals surface area (Å²) in [4.78, 5) is 35.3. The molecule has 0 bridgehead atoms. The van der Waals surface area contributed by atoms with Gasteiger partial charge in [-0.1, -0.05) is 17.7 Å². The van der Waals surface area contributed by atoms with Crippen molar-refractivity contribution < 1.29 is 23.9 Å². The van der Waals surface area contributed by atoms with Crippen molar-refractivity contribution in [3.63, 3.8) is 0 Å². The first-order valence-electron chi connectivity index (χ1n) is 9.45. The van der Waals surface area contributed by atoms with Gasteiger partial charge in [-0.15, -0.1) is 0 Å². The van der Waals surface area contributed by atoms with E-state index in [2.05, 4.69) is 21.2 Å². The number of amides is 3. The van der Waals surface area contributed by atoms with Gasteiger partial charge in [0.1, 0.15) is 0 Å². The highest BCUT2D eigenvalue weighted by atomic mass is 35.5. The monoisotopic (exact) mass is 444 g/mol. The molecule has 1 fully saturated rings. The van der Waals surface area contributed by atoms with E-state index in [1.54, 1.807) is 42.5 Å². The fraction of sp³-hybridized carbons (Fsp3) is 0.238. The molecule has 1 aliphatic carbocycles. The number of hydrogen-bond acceptors (Lipinski definition) is 6. The predicted octanol–water partition coefficient (Wildman–Crippen LogP) is 2.09. The fourth-order valence-electron chi connectivity index (χ4n) is 2.49. The number of anilines is 1. The molecule has 3 rings (SSSR count). The number of carbonyl (C=O) groups excluding carboxylic acids is 3. The highest BCUT2D eigenvalue weighted by molar-refractivity contribution is 6.35. The molecule has 1 aliphatic rings. The van der Waals surface area contributed by atoms with Crippen LogP contribution in [-0.4, -0.2) is 43.7 Å². The van der Waals surface area contributed by atoms with E-state index in [0.717, 1.165) is 12.8 Å². The number of carbonyl (C=O) groups is 3. The summed E-state index contributed by atoms with van der Waals surface area (Å²) >= 11 is 5.89. The molecule has 1 saturated carbocycles. The molecular weight excluding hydrogens is 424 g/mol. The van der Waals surface area contributed by atoms with Crippen LogP contribution in [0.3, 0.4) is 0 Å². The smallest absolute Gasteiger partial charge is 0.329 e. The van der Waals surface area contributed by atoms with Crippen molar-refractivity contribution in [3.8, 4) is 11.5 Å². The zero-order valence-electron chi connectivity index (χ0n) is 16.7. The maximum absolute atomic E-state index is 12.1. The summed E-state index contributed by atoms with van der Waals surface area (Å²) in [5.74, 6) is -1.17. The van der Waals surface area contributed by atoms with Crippen LogP contribution in [0.2, 0.25) is 5.02 Å². The lowest BCUT2D eigenvalue weighted by molar-refractivity contribution is -0.139. The first kappa shape index (κ1) is 22.1. The van der Waals surface area contributed by atoms with E-state index in [9.17, 15) is 14.4 Å². The Balaban J connectivity index is 1.52. The summed E-state index contributed by atoms with van der Waals surface area (Å²) in [5, 5.41) is 9.53. The number of methoxy groups -OCH3 is 1. The molecule has 0 radical (unpaired) electrons. The lowest BCUT2D eigenvalue weighted by atomic mass is 10.2. The van der Waals surface area contributed by atoms with E-state index in [4.69, 9.17) is 21.1 Å². The number of halogens is 1. The van der Waals surface area contributed by atoms with Crippen LogP contribution in [0.15, 0.2) is 47.6 Å². The van der Waals surface area contributed by atoms with E-state index in [1.165, 1.54) is 13.3 Å². The Morgan fingerprint density at radius 3 is 2.65 bits per heavy atom. The maximum atomic E-state index is 12.1. The number of rotatable bonds is 8. The number of nitrogens with zero attached hydrogens (tertiary/aromatic N) is 1. The van der Waals surface area contributed by atoms with Crippen LogP contribution < -0.4 is 25.5 Å². The molecule has 9 nitrogen and oxygen atoms in total. The van der Waals surface area contributed by atoms with Crippen molar-refractivity contribution in [1.29, 1.82) is 0 Å². The van der Waals surface area contributed by atoms with Crippen molar-refractivity contribution in [2.45, 2.75) is 18.9 Å². The molecule has 31 heavy (non-hydrogen) atoms. The minimum Gasteiger partial charge on any atom is -0.493 e. The van der Waals surface area contributed by atoms with Crippen LogP contribution in [0.1, 0.15) is 18.4 Å². The van der Waals surface area contributed by atoms with E-state index in [-0.39, 0.29) is 18.6 Å². The van der Waals surface area contributed by atoms with Crippen LogP contribution in [0, 0.1) is 0 Å². The summed E-state index contributed by atoms with van der Waals surface area (Å²) in [6, 6.07) is 11.7. The number of nitrogens with one attached hydrogen (secondary N) is 3. The summed E-state index contributed by atoms with van der Waals surface area (Å²) < 4.78 is 10.8. The SMILES string of the molecule is COc1cc(/C=N\NC(=O)C(=O)NC2CC2)ccc1OCC(=O)Nc1cccc(Cl)c1. The molecule has 162 valence electrons. The van der Waals surface area contributed by atoms with Gasteiger partial charge in [0.15, 0.2) is 18.1 Å². The Kier molecular flexibility index (Phi) is 7.45. The Labute approximate surface area is 183 Å². The zero-order chi connectivity index (χ0) is 22.2. The molecule has 0 aliphatic heterocycles. The largest absolute Gasteiger partial charge is 0.493 e. The average Bonchev–Trinajstić information content (AvgIpc) is 3.56. The fourth-order valence-corrected chi connectivity index (χ4v) is 2.68. The molecule has 2 aromatic carbocycles. The molecule has 0 heterocycles. The van der Waals surface area contributed by atoms with Gasteiger partial charge in [-0.2, -0.15) is 5.10 Å². The van der Waals surface area contributed by atoms with Crippen molar-refractivity contribution >= 4 is 41.2 Å². The van der Waals surface area contributed by atoms with Gasteiger partial charge < -0.3 is 20.1 Å². The third kappa shape index (κ3) is 7.00. The molecule has 10 heteroatoms. The van der Waals surface area contributed by atoms with Crippen LogP contribution in [-0.2, 0) is 14.4 Å². The molecule has 3 amide bonds. The Bertz CT molecular complexity index is 1010. The Hall–Kier alpha value is -3.59. The molecule has 0 spiro atoms. The Morgan fingerprint density at radius 2 is 1.94 bits per heavy atom. The molecule has 3 N–H and O–H groups in total. The lowest BCUT2D eigenvalue weighted by Crippen LogP contribution is -2.38. The van der Waals surface area contributed by atoms with Gasteiger partial charge in [0.25, 0.3) is 5.91 Å². The molecule has 2 aromatic rings. The minimum atomic E-state index is -0.833. The van der Waals surface area contributed by atoms with Crippen molar-refractivity contribution in [3.05, 3.63) is 53.1 Å². The zero-order valence-corrected chi connectivity index (χ0v) is 17.4. The number of hydrogen-bond donors (Lipinski definition) is 3. The highest BCUT2D eigenvalue weighted by Gasteiger charge is 2.26. The van der Waals surface area contributed by atoms with Crippen molar-refractivity contribution in [2.24, 2.45) is 5.10 Å². The van der Waals surface area contributed by atoms with Gasteiger partial charge in [-0.05, 0) is 54.8 Å². The second-order valence-corrected chi connectivity index (χ2v) is 7.14. The molecule has 0 unspecified atom stereocenters. The van der Waals surface area contributed by atoms with Crippen LogP contribution in [0.5, 0.6) is 11.5 Å². The van der Waals surface area contributed by atoms with Gasteiger partial charge in [0.05, 0.1) is 13.3 Å². The molecule has 0 aromatic heterocycles. The highest BCUT2D eigenvalue weighted by Crippen LogP contribution is 2.27. The minimum absolute atomic E-state index is 0.0895. The van der Waals surface area contributed by atoms with Gasteiger partial charge in [0, 0.05) is 16.8 Å². The van der Waals surface area contributed by atoms with E-state index in [0.29, 0.717) is 27.8 Å². The van der Waals surface area contributed by atoms with Crippen molar-refractivity contribution in [1.82, 2.24) is 10.7 Å². The van der Waals surface area contributed by atoms with E-state index < -0.39 is 11.8 Å². The average molecular weight is 445 g/mol. The second-order valence-electron chi connectivity index (χ2n) is 6.70. The molecule has 0 saturated heterocycles.